The van der Waals surface area contributed by atoms with Gasteiger partial charge in [0.1, 0.15) is 6.61 Å². The quantitative estimate of drug-likeness (QED) is 0.838. The fraction of sp³-hybridized carbons (Fsp3) is 0.143. The van der Waals surface area contributed by atoms with Gasteiger partial charge in [0.25, 0.3) is 0 Å². The summed E-state index contributed by atoms with van der Waals surface area (Å²) in [7, 11) is 2.70. The fourth-order valence-corrected chi connectivity index (χ4v) is 1.84. The molecule has 0 saturated carbocycles. The number of phenolic OH excluding ortho intramolecular Hbond substituents is 1. The Balaban J connectivity index is 2.05. The lowest BCUT2D eigenvalue weighted by molar-refractivity contribution is 0.289. The highest BCUT2D eigenvalue weighted by Gasteiger charge is 2.01. The van der Waals surface area contributed by atoms with Crippen LogP contribution in [0.1, 0.15) is 11.1 Å². The largest absolute Gasteiger partial charge is 0.504 e. The third-order valence-electron chi connectivity index (χ3n) is 2.49. The van der Waals surface area contributed by atoms with Crippen molar-refractivity contribution in [3.05, 3.63) is 59.7 Å². The van der Waals surface area contributed by atoms with Gasteiger partial charge < -0.3 is 9.84 Å². The molecule has 3 heteroatoms. The van der Waals surface area contributed by atoms with Gasteiger partial charge in [-0.05, 0) is 29.4 Å². The molecular weight excluding hydrogens is 231 g/mol. The van der Waals surface area contributed by atoms with Crippen molar-refractivity contribution >= 4 is 9.24 Å². The van der Waals surface area contributed by atoms with E-state index in [9.17, 15) is 5.11 Å². The molecule has 0 heterocycles. The molecule has 2 nitrogen and oxygen atoms in total. The molecule has 88 valence electrons. The van der Waals surface area contributed by atoms with Crippen molar-refractivity contribution in [2.24, 2.45) is 0 Å². The van der Waals surface area contributed by atoms with Crippen LogP contribution in [0.25, 0.3) is 0 Å². The first-order chi connectivity index (χ1) is 8.29. The molecule has 2 rings (SSSR count). The average molecular weight is 246 g/mol. The molecule has 1 atom stereocenters. The minimum Gasteiger partial charge on any atom is -0.504 e. The summed E-state index contributed by atoms with van der Waals surface area (Å²) >= 11 is 0. The second kappa shape index (κ2) is 5.70. The van der Waals surface area contributed by atoms with Gasteiger partial charge in [-0.3, -0.25) is 0 Å². The SMILES string of the molecule is Oc1ccccc1OCc1cccc(CP)c1. The number of hydrogen-bond donors (Lipinski definition) is 1. The van der Waals surface area contributed by atoms with Crippen molar-refractivity contribution < 1.29 is 9.84 Å². The van der Waals surface area contributed by atoms with Crippen molar-refractivity contribution in [2.75, 3.05) is 0 Å². The Labute approximate surface area is 103 Å². The zero-order valence-electron chi connectivity index (χ0n) is 9.47. The topological polar surface area (TPSA) is 29.5 Å². The molecule has 0 saturated heterocycles. The molecule has 0 aliphatic heterocycles. The molecule has 0 fully saturated rings. The second-order valence-electron chi connectivity index (χ2n) is 3.78. The van der Waals surface area contributed by atoms with Crippen LogP contribution in [0.3, 0.4) is 0 Å². The van der Waals surface area contributed by atoms with Gasteiger partial charge in [-0.1, -0.05) is 36.4 Å². The number of phenols is 1. The summed E-state index contributed by atoms with van der Waals surface area (Å²) in [6.45, 7) is 0.468. The van der Waals surface area contributed by atoms with Crippen molar-refractivity contribution in [1.29, 1.82) is 0 Å². The fourth-order valence-electron chi connectivity index (χ4n) is 1.59. The molecule has 0 amide bonds. The molecule has 1 N–H and O–H groups in total. The van der Waals surface area contributed by atoms with Gasteiger partial charge in [0, 0.05) is 0 Å². The molecule has 0 bridgehead atoms. The van der Waals surface area contributed by atoms with Crippen molar-refractivity contribution in [3.63, 3.8) is 0 Å². The summed E-state index contributed by atoms with van der Waals surface area (Å²) in [5.74, 6) is 0.693. The Morgan fingerprint density at radius 2 is 1.76 bits per heavy atom. The Kier molecular flexibility index (Phi) is 4.00. The van der Waals surface area contributed by atoms with Gasteiger partial charge in [-0.2, -0.15) is 0 Å². The zero-order valence-corrected chi connectivity index (χ0v) is 10.6. The average Bonchev–Trinajstić information content (AvgIpc) is 2.38. The summed E-state index contributed by atoms with van der Waals surface area (Å²) in [5, 5.41) is 9.56. The van der Waals surface area contributed by atoms with Gasteiger partial charge in [0.2, 0.25) is 0 Å². The minimum atomic E-state index is 0.176. The highest BCUT2D eigenvalue weighted by Crippen LogP contribution is 2.25. The van der Waals surface area contributed by atoms with Crippen molar-refractivity contribution in [3.8, 4) is 11.5 Å². The van der Waals surface area contributed by atoms with E-state index < -0.39 is 0 Å². The smallest absolute Gasteiger partial charge is 0.161 e. The van der Waals surface area contributed by atoms with Gasteiger partial charge in [0.05, 0.1) is 0 Å². The number of para-hydroxylation sites is 2. The molecule has 0 spiro atoms. The van der Waals surface area contributed by atoms with E-state index in [-0.39, 0.29) is 5.75 Å². The number of rotatable bonds is 4. The Morgan fingerprint density at radius 1 is 1.00 bits per heavy atom. The summed E-state index contributed by atoms with van der Waals surface area (Å²) in [5.41, 5.74) is 2.36. The normalized spacial score (nSPS) is 10.2. The van der Waals surface area contributed by atoms with E-state index in [2.05, 4.69) is 21.4 Å². The minimum absolute atomic E-state index is 0.176. The van der Waals surface area contributed by atoms with Crippen LogP contribution in [0.4, 0.5) is 0 Å². The number of ether oxygens (including phenoxy) is 1. The van der Waals surface area contributed by atoms with Crippen LogP contribution in [0.5, 0.6) is 11.5 Å². The highest BCUT2D eigenvalue weighted by atomic mass is 31.0. The lowest BCUT2D eigenvalue weighted by Gasteiger charge is -2.08. The lowest BCUT2D eigenvalue weighted by atomic mass is 10.1. The first-order valence-corrected chi connectivity index (χ1v) is 6.30. The van der Waals surface area contributed by atoms with E-state index in [4.69, 9.17) is 4.74 Å². The summed E-state index contributed by atoms with van der Waals surface area (Å²) in [6.07, 6.45) is 0.935. The van der Waals surface area contributed by atoms with Gasteiger partial charge >= 0.3 is 0 Å². The van der Waals surface area contributed by atoms with Crippen LogP contribution in [-0.4, -0.2) is 5.11 Å². The first-order valence-electron chi connectivity index (χ1n) is 5.48. The molecule has 0 aliphatic carbocycles. The first kappa shape index (κ1) is 11.9. The predicted octanol–water partition coefficient (Wildman–Crippen LogP) is 3.35. The van der Waals surface area contributed by atoms with Gasteiger partial charge in [-0.15, -0.1) is 9.24 Å². The maximum atomic E-state index is 9.56. The standard InChI is InChI=1S/C14H15O2P/c15-13-6-1-2-7-14(13)16-9-11-4-3-5-12(8-11)10-17/h1-8,15H,9-10,17H2. The van der Waals surface area contributed by atoms with E-state index in [1.54, 1.807) is 18.2 Å². The number of hydrogen-bond acceptors (Lipinski definition) is 2. The molecule has 1 unspecified atom stereocenters. The van der Waals surface area contributed by atoms with Crippen molar-refractivity contribution in [2.45, 2.75) is 12.8 Å². The molecule has 2 aromatic carbocycles. The van der Waals surface area contributed by atoms with E-state index >= 15 is 0 Å². The highest BCUT2D eigenvalue weighted by molar-refractivity contribution is 7.15. The Morgan fingerprint density at radius 3 is 2.53 bits per heavy atom. The molecule has 0 aliphatic rings. The molecular formula is C14H15O2P. The van der Waals surface area contributed by atoms with E-state index in [1.807, 2.05) is 18.2 Å². The van der Waals surface area contributed by atoms with Crippen molar-refractivity contribution in [1.82, 2.24) is 0 Å². The molecule has 0 radical (unpaired) electrons. The molecule has 2 aromatic rings. The lowest BCUT2D eigenvalue weighted by Crippen LogP contribution is -1.96. The third-order valence-corrected chi connectivity index (χ3v) is 2.96. The second-order valence-corrected chi connectivity index (χ2v) is 4.19. The van der Waals surface area contributed by atoms with E-state index in [0.29, 0.717) is 12.4 Å². The van der Waals surface area contributed by atoms with E-state index in [0.717, 1.165) is 11.7 Å². The maximum absolute atomic E-state index is 9.56. The van der Waals surface area contributed by atoms with Crippen LogP contribution >= 0.6 is 9.24 Å². The van der Waals surface area contributed by atoms with Crippen LogP contribution in [0, 0.1) is 0 Å². The Hall–Kier alpha value is -1.53. The maximum Gasteiger partial charge on any atom is 0.161 e. The number of aromatic hydroxyl groups is 1. The van der Waals surface area contributed by atoms with Gasteiger partial charge in [0.15, 0.2) is 11.5 Å². The van der Waals surface area contributed by atoms with Crippen LogP contribution in [0.15, 0.2) is 48.5 Å². The summed E-state index contributed by atoms with van der Waals surface area (Å²) in [6, 6.07) is 15.2. The molecule has 17 heavy (non-hydrogen) atoms. The predicted molar refractivity (Wildman–Crippen MR) is 72.3 cm³/mol. The van der Waals surface area contributed by atoms with Crippen LogP contribution < -0.4 is 4.74 Å². The van der Waals surface area contributed by atoms with Crippen LogP contribution in [-0.2, 0) is 12.8 Å². The Bertz CT molecular complexity index is 497. The van der Waals surface area contributed by atoms with Crippen LogP contribution in [0.2, 0.25) is 0 Å². The van der Waals surface area contributed by atoms with Gasteiger partial charge in [-0.25, -0.2) is 0 Å². The van der Waals surface area contributed by atoms with E-state index in [1.165, 1.54) is 5.56 Å². The summed E-state index contributed by atoms with van der Waals surface area (Å²) in [4.78, 5) is 0. The third kappa shape index (κ3) is 3.21. The zero-order chi connectivity index (χ0) is 12.1. The summed E-state index contributed by atoms with van der Waals surface area (Å²) < 4.78 is 5.57. The monoisotopic (exact) mass is 246 g/mol. The molecule has 0 aromatic heterocycles. The number of benzene rings is 2.